The van der Waals surface area contributed by atoms with E-state index >= 15 is 0 Å². The van der Waals surface area contributed by atoms with Gasteiger partial charge in [0, 0.05) is 10.5 Å². The van der Waals surface area contributed by atoms with Gasteiger partial charge < -0.3 is 5.73 Å². The van der Waals surface area contributed by atoms with Crippen LogP contribution in [0.5, 0.6) is 0 Å². The quantitative estimate of drug-likeness (QED) is 0.832. The van der Waals surface area contributed by atoms with Crippen LogP contribution < -0.4 is 10.5 Å². The van der Waals surface area contributed by atoms with Gasteiger partial charge in [0.05, 0.1) is 15.6 Å². The normalized spacial score (nSPS) is 13.0. The first kappa shape index (κ1) is 16.3. The molecule has 0 aliphatic carbocycles. The number of anilines is 1. The van der Waals surface area contributed by atoms with Crippen molar-refractivity contribution >= 4 is 43.2 Å². The summed E-state index contributed by atoms with van der Waals surface area (Å²) in [6, 6.07) is 11.2. The van der Waals surface area contributed by atoms with Gasteiger partial charge in [-0.1, -0.05) is 23.7 Å². The van der Waals surface area contributed by atoms with Crippen LogP contribution in [0.3, 0.4) is 0 Å². The predicted octanol–water partition coefficient (Wildman–Crippen LogP) is 3.92. The third-order valence-electron chi connectivity index (χ3n) is 2.87. The fraction of sp³-hybridized carbons (Fsp3) is 0.143. The van der Waals surface area contributed by atoms with Crippen LogP contribution >= 0.6 is 27.5 Å². The van der Waals surface area contributed by atoms with E-state index in [1.807, 2.05) is 0 Å². The average molecular weight is 390 g/mol. The molecule has 21 heavy (non-hydrogen) atoms. The maximum atomic E-state index is 12.4. The topological polar surface area (TPSA) is 72.2 Å². The highest BCUT2D eigenvalue weighted by atomic mass is 79.9. The lowest BCUT2D eigenvalue weighted by Crippen LogP contribution is -2.14. The van der Waals surface area contributed by atoms with Gasteiger partial charge in [-0.3, -0.25) is 4.72 Å². The highest BCUT2D eigenvalue weighted by molar-refractivity contribution is 9.10. The monoisotopic (exact) mass is 388 g/mol. The Bertz CT molecular complexity index is 763. The molecule has 0 amide bonds. The molecule has 2 rings (SSSR count). The second kappa shape index (κ2) is 6.36. The molecule has 0 fully saturated rings. The Labute approximate surface area is 137 Å². The second-order valence-electron chi connectivity index (χ2n) is 4.60. The first-order valence-corrected chi connectivity index (χ1v) is 8.78. The Balaban J connectivity index is 2.33. The molecule has 1 atom stereocenters. The summed E-state index contributed by atoms with van der Waals surface area (Å²) in [4.78, 5) is 0.163. The van der Waals surface area contributed by atoms with E-state index in [4.69, 9.17) is 17.3 Å². The van der Waals surface area contributed by atoms with Crippen LogP contribution in [-0.4, -0.2) is 8.42 Å². The minimum Gasteiger partial charge on any atom is -0.324 e. The molecule has 7 heteroatoms. The molecule has 4 nitrogen and oxygen atoms in total. The standard InChI is InChI=1S/C14H14BrClN2O2S/c1-9(17)10-3-2-4-12(7-10)21(19,20)18-11-5-6-13(15)14(16)8-11/h2-9,18H,17H2,1H3. The largest absolute Gasteiger partial charge is 0.324 e. The highest BCUT2D eigenvalue weighted by Crippen LogP contribution is 2.27. The van der Waals surface area contributed by atoms with Gasteiger partial charge in [0.15, 0.2) is 0 Å². The van der Waals surface area contributed by atoms with Crippen LogP contribution in [0.2, 0.25) is 5.02 Å². The van der Waals surface area contributed by atoms with Crippen molar-refractivity contribution in [2.24, 2.45) is 5.73 Å². The highest BCUT2D eigenvalue weighted by Gasteiger charge is 2.15. The Hall–Kier alpha value is -1.08. The first-order chi connectivity index (χ1) is 9.79. The van der Waals surface area contributed by atoms with Gasteiger partial charge in [-0.05, 0) is 58.7 Å². The van der Waals surface area contributed by atoms with Crippen molar-refractivity contribution in [1.82, 2.24) is 0 Å². The number of hydrogen-bond acceptors (Lipinski definition) is 3. The lowest BCUT2D eigenvalue weighted by Gasteiger charge is -2.11. The van der Waals surface area contributed by atoms with E-state index in [-0.39, 0.29) is 10.9 Å². The van der Waals surface area contributed by atoms with Crippen LogP contribution in [0.1, 0.15) is 18.5 Å². The van der Waals surface area contributed by atoms with E-state index < -0.39 is 10.0 Å². The zero-order valence-electron chi connectivity index (χ0n) is 11.2. The van der Waals surface area contributed by atoms with E-state index in [1.54, 1.807) is 43.3 Å². The molecule has 0 heterocycles. The minimum absolute atomic E-state index is 0.163. The lowest BCUT2D eigenvalue weighted by atomic mass is 10.1. The Morgan fingerprint density at radius 2 is 1.95 bits per heavy atom. The van der Waals surface area contributed by atoms with Gasteiger partial charge in [-0.15, -0.1) is 0 Å². The summed E-state index contributed by atoms with van der Waals surface area (Å²) < 4.78 is 27.9. The predicted molar refractivity (Wildman–Crippen MR) is 89.0 cm³/mol. The molecule has 0 aliphatic rings. The van der Waals surface area contributed by atoms with Gasteiger partial charge in [0.25, 0.3) is 10.0 Å². The van der Waals surface area contributed by atoms with E-state index in [0.29, 0.717) is 15.2 Å². The van der Waals surface area contributed by atoms with Gasteiger partial charge in [0.1, 0.15) is 0 Å². The Morgan fingerprint density at radius 3 is 2.57 bits per heavy atom. The molecule has 0 saturated carbocycles. The number of halogens is 2. The van der Waals surface area contributed by atoms with Crippen molar-refractivity contribution in [3.8, 4) is 0 Å². The Morgan fingerprint density at radius 1 is 1.24 bits per heavy atom. The fourth-order valence-corrected chi connectivity index (χ4v) is 3.27. The third-order valence-corrected chi connectivity index (χ3v) is 5.48. The summed E-state index contributed by atoms with van der Waals surface area (Å²) >= 11 is 9.21. The summed E-state index contributed by atoms with van der Waals surface area (Å²) in [6.45, 7) is 1.80. The van der Waals surface area contributed by atoms with E-state index in [9.17, 15) is 8.42 Å². The summed E-state index contributed by atoms with van der Waals surface area (Å²) in [5.74, 6) is 0. The molecule has 3 N–H and O–H groups in total. The molecule has 0 saturated heterocycles. The minimum atomic E-state index is -3.68. The van der Waals surface area contributed by atoms with E-state index in [0.717, 1.165) is 5.56 Å². The molecule has 0 spiro atoms. The van der Waals surface area contributed by atoms with Crippen LogP contribution in [0, 0.1) is 0 Å². The van der Waals surface area contributed by atoms with Gasteiger partial charge >= 0.3 is 0 Å². The van der Waals surface area contributed by atoms with Crippen molar-refractivity contribution in [1.29, 1.82) is 0 Å². The van der Waals surface area contributed by atoms with Crippen molar-refractivity contribution in [3.05, 3.63) is 57.5 Å². The lowest BCUT2D eigenvalue weighted by molar-refractivity contribution is 0.601. The summed E-state index contributed by atoms with van der Waals surface area (Å²) in [6.07, 6.45) is 0. The van der Waals surface area contributed by atoms with Gasteiger partial charge in [-0.2, -0.15) is 0 Å². The second-order valence-corrected chi connectivity index (χ2v) is 7.54. The van der Waals surface area contributed by atoms with Crippen molar-refractivity contribution in [2.45, 2.75) is 17.9 Å². The molecule has 0 aliphatic heterocycles. The molecule has 2 aromatic rings. The van der Waals surface area contributed by atoms with Crippen LogP contribution in [0.4, 0.5) is 5.69 Å². The fourth-order valence-electron chi connectivity index (χ4n) is 1.74. The summed E-state index contributed by atoms with van der Waals surface area (Å²) in [7, 11) is -3.68. The number of nitrogens with two attached hydrogens (primary N) is 1. The molecule has 0 radical (unpaired) electrons. The summed E-state index contributed by atoms with van der Waals surface area (Å²) in [5, 5.41) is 0.430. The van der Waals surface area contributed by atoms with Crippen LogP contribution in [0.15, 0.2) is 51.8 Å². The van der Waals surface area contributed by atoms with Crippen LogP contribution in [-0.2, 0) is 10.0 Å². The smallest absolute Gasteiger partial charge is 0.261 e. The molecule has 2 aromatic carbocycles. The number of hydrogen-bond donors (Lipinski definition) is 2. The first-order valence-electron chi connectivity index (χ1n) is 6.13. The third kappa shape index (κ3) is 3.97. The SMILES string of the molecule is CC(N)c1cccc(S(=O)(=O)Nc2ccc(Br)c(Cl)c2)c1. The Kier molecular flexibility index (Phi) is 4.93. The van der Waals surface area contributed by atoms with E-state index in [2.05, 4.69) is 20.7 Å². The number of nitrogens with one attached hydrogen (secondary N) is 1. The van der Waals surface area contributed by atoms with Crippen molar-refractivity contribution in [2.75, 3.05) is 4.72 Å². The number of sulfonamides is 1. The molecule has 112 valence electrons. The number of benzene rings is 2. The van der Waals surface area contributed by atoms with Crippen molar-refractivity contribution < 1.29 is 8.42 Å². The van der Waals surface area contributed by atoms with E-state index in [1.165, 1.54) is 6.07 Å². The molecule has 0 aromatic heterocycles. The van der Waals surface area contributed by atoms with Crippen LogP contribution in [0.25, 0.3) is 0 Å². The summed E-state index contributed by atoms with van der Waals surface area (Å²) in [5.41, 5.74) is 6.93. The molecular weight excluding hydrogens is 376 g/mol. The zero-order chi connectivity index (χ0) is 15.6. The van der Waals surface area contributed by atoms with Gasteiger partial charge in [-0.25, -0.2) is 8.42 Å². The van der Waals surface area contributed by atoms with Crippen molar-refractivity contribution in [3.63, 3.8) is 0 Å². The maximum absolute atomic E-state index is 12.4. The van der Waals surface area contributed by atoms with Gasteiger partial charge in [0.2, 0.25) is 0 Å². The maximum Gasteiger partial charge on any atom is 0.261 e. The molecule has 1 unspecified atom stereocenters. The average Bonchev–Trinajstić information content (AvgIpc) is 2.43. The molecule has 0 bridgehead atoms. The number of rotatable bonds is 4. The molecular formula is C14H14BrClN2O2S. The zero-order valence-corrected chi connectivity index (χ0v) is 14.3.